The van der Waals surface area contributed by atoms with Gasteiger partial charge >= 0.3 is 0 Å². The molecule has 0 aromatic carbocycles. The van der Waals surface area contributed by atoms with Crippen LogP contribution in [0.3, 0.4) is 0 Å². The summed E-state index contributed by atoms with van der Waals surface area (Å²) in [4.78, 5) is 0. The molecule has 0 bridgehead atoms. The number of hydrogen-bond donors (Lipinski definition) is 0. The lowest BCUT2D eigenvalue weighted by molar-refractivity contribution is -0.874. The van der Waals surface area contributed by atoms with E-state index in [9.17, 15) is 0 Å². The predicted octanol–water partition coefficient (Wildman–Crippen LogP) is 4.99. The zero-order valence-electron chi connectivity index (χ0n) is 11.6. The molecule has 16 heavy (non-hydrogen) atoms. The van der Waals surface area contributed by atoms with Gasteiger partial charge in [-0.1, -0.05) is 51.9 Å². The lowest BCUT2D eigenvalue weighted by Gasteiger charge is -2.27. The molecular formula is C14H31IN+. The number of nitrogens with zero attached hydrogens (tertiary/aromatic N) is 1. The highest BCUT2D eigenvalue weighted by Crippen LogP contribution is 2.11. The van der Waals surface area contributed by atoms with Crippen LogP contribution in [0.5, 0.6) is 0 Å². The first-order chi connectivity index (χ1) is 7.62. The molecule has 0 aromatic rings. The van der Waals surface area contributed by atoms with E-state index in [2.05, 4.69) is 43.6 Å². The Bertz CT molecular complexity index is 146. The first-order valence-corrected chi connectivity index (χ1v) is 8.53. The van der Waals surface area contributed by atoms with Crippen LogP contribution in [0.15, 0.2) is 0 Å². The van der Waals surface area contributed by atoms with Crippen LogP contribution >= 0.6 is 22.6 Å². The van der Waals surface area contributed by atoms with E-state index in [0.717, 1.165) is 0 Å². The molecule has 0 aliphatic rings. The Morgan fingerprint density at radius 3 is 1.62 bits per heavy atom. The molecule has 0 saturated heterocycles. The predicted molar refractivity (Wildman–Crippen MR) is 83.1 cm³/mol. The molecule has 0 spiro atoms. The van der Waals surface area contributed by atoms with Crippen LogP contribution in [-0.2, 0) is 0 Å². The van der Waals surface area contributed by atoms with Gasteiger partial charge in [-0.15, -0.1) is 0 Å². The Kier molecular flexibility index (Phi) is 11.3. The number of hydrogen-bond acceptors (Lipinski definition) is 0. The van der Waals surface area contributed by atoms with Gasteiger partial charge in [0.15, 0.2) is 0 Å². The molecule has 0 N–H and O–H groups in total. The summed E-state index contributed by atoms with van der Waals surface area (Å²) in [6.07, 6.45) is 12.9. The van der Waals surface area contributed by atoms with Crippen LogP contribution in [0.25, 0.3) is 0 Å². The van der Waals surface area contributed by atoms with Gasteiger partial charge in [-0.2, -0.15) is 0 Å². The standard InChI is InChI=1S/C14H31IN/c1-4-5-6-7-8-9-10-11-12-13-16(2,3)14-15/h4-14H2,1-3H3/q+1. The van der Waals surface area contributed by atoms with E-state index in [4.69, 9.17) is 0 Å². The van der Waals surface area contributed by atoms with Gasteiger partial charge < -0.3 is 4.48 Å². The minimum Gasteiger partial charge on any atom is -0.320 e. The van der Waals surface area contributed by atoms with Crippen molar-refractivity contribution in [3.8, 4) is 0 Å². The van der Waals surface area contributed by atoms with Gasteiger partial charge in [-0.25, -0.2) is 0 Å². The van der Waals surface area contributed by atoms with Crippen LogP contribution in [-0.4, -0.2) is 29.7 Å². The van der Waals surface area contributed by atoms with Gasteiger partial charge in [0, 0.05) is 0 Å². The molecule has 1 nitrogen and oxygen atoms in total. The SMILES string of the molecule is CCCCCCCCCCC[N+](C)(C)CI. The van der Waals surface area contributed by atoms with Gasteiger partial charge in [0.1, 0.15) is 4.55 Å². The number of alkyl halides is 1. The number of unbranched alkanes of at least 4 members (excludes halogenated alkanes) is 8. The summed E-state index contributed by atoms with van der Waals surface area (Å²) in [6.45, 7) is 3.63. The number of rotatable bonds is 11. The van der Waals surface area contributed by atoms with E-state index < -0.39 is 0 Å². The lowest BCUT2D eigenvalue weighted by Crippen LogP contribution is -2.38. The fraction of sp³-hybridized carbons (Fsp3) is 1.00. The van der Waals surface area contributed by atoms with Gasteiger partial charge in [0.2, 0.25) is 0 Å². The molecule has 0 atom stereocenters. The molecule has 0 radical (unpaired) electrons. The summed E-state index contributed by atoms with van der Waals surface area (Å²) in [5, 5.41) is 0. The molecule has 0 unspecified atom stereocenters. The Hall–Kier alpha value is 0.690. The Labute approximate surface area is 117 Å². The van der Waals surface area contributed by atoms with Crippen molar-refractivity contribution in [3.05, 3.63) is 0 Å². The Balaban J connectivity index is 3.10. The normalized spacial score (nSPS) is 12.0. The Morgan fingerprint density at radius 1 is 0.750 bits per heavy atom. The maximum atomic E-state index is 2.49. The summed E-state index contributed by atoms with van der Waals surface area (Å²) in [5.74, 6) is 0. The van der Waals surface area contributed by atoms with E-state index >= 15 is 0 Å². The molecule has 0 heterocycles. The third-order valence-corrected chi connectivity index (χ3v) is 5.04. The molecule has 0 saturated carbocycles. The fourth-order valence-corrected chi connectivity index (χ4v) is 2.25. The number of quaternary nitrogens is 1. The first-order valence-electron chi connectivity index (χ1n) is 7.00. The summed E-state index contributed by atoms with van der Waals surface area (Å²) in [6, 6.07) is 0. The van der Waals surface area contributed by atoms with Gasteiger partial charge in [-0.3, -0.25) is 0 Å². The van der Waals surface area contributed by atoms with Crippen molar-refractivity contribution in [3.63, 3.8) is 0 Å². The second kappa shape index (κ2) is 10.8. The van der Waals surface area contributed by atoms with Gasteiger partial charge in [0.25, 0.3) is 0 Å². The average Bonchev–Trinajstić information content (AvgIpc) is 2.27. The molecule has 0 aromatic heterocycles. The van der Waals surface area contributed by atoms with E-state index in [1.54, 1.807) is 0 Å². The van der Waals surface area contributed by atoms with Crippen LogP contribution in [0, 0.1) is 0 Å². The van der Waals surface area contributed by atoms with Crippen LogP contribution in [0.1, 0.15) is 64.7 Å². The molecule has 0 rings (SSSR count). The zero-order valence-corrected chi connectivity index (χ0v) is 13.8. The van der Waals surface area contributed by atoms with Crippen molar-refractivity contribution in [1.29, 1.82) is 0 Å². The van der Waals surface area contributed by atoms with Crippen molar-refractivity contribution < 1.29 is 4.48 Å². The second-order valence-corrected chi connectivity index (χ2v) is 6.29. The highest BCUT2D eigenvalue weighted by atomic mass is 127. The third kappa shape index (κ3) is 11.2. The van der Waals surface area contributed by atoms with Crippen molar-refractivity contribution in [2.24, 2.45) is 0 Å². The molecule has 2 heteroatoms. The van der Waals surface area contributed by atoms with Crippen molar-refractivity contribution in [2.45, 2.75) is 64.7 Å². The molecule has 0 aliphatic heterocycles. The average molecular weight is 340 g/mol. The van der Waals surface area contributed by atoms with E-state index in [1.807, 2.05) is 0 Å². The molecule has 0 amide bonds. The lowest BCUT2D eigenvalue weighted by atomic mass is 10.1. The van der Waals surface area contributed by atoms with E-state index in [0.29, 0.717) is 0 Å². The minimum absolute atomic E-state index is 1.18. The highest BCUT2D eigenvalue weighted by molar-refractivity contribution is 14.1. The summed E-state index contributed by atoms with van der Waals surface area (Å²) in [7, 11) is 4.66. The van der Waals surface area contributed by atoms with Crippen LogP contribution in [0.4, 0.5) is 0 Å². The first kappa shape index (κ1) is 16.7. The van der Waals surface area contributed by atoms with Crippen molar-refractivity contribution in [2.75, 3.05) is 25.2 Å². The van der Waals surface area contributed by atoms with Crippen LogP contribution < -0.4 is 0 Å². The van der Waals surface area contributed by atoms with Gasteiger partial charge in [0.05, 0.1) is 20.6 Å². The fourth-order valence-electron chi connectivity index (χ4n) is 1.91. The number of halogens is 1. The monoisotopic (exact) mass is 340 g/mol. The highest BCUT2D eigenvalue weighted by Gasteiger charge is 2.10. The molecule has 98 valence electrons. The van der Waals surface area contributed by atoms with E-state index in [-0.39, 0.29) is 0 Å². The third-order valence-electron chi connectivity index (χ3n) is 3.19. The molecular weight excluding hydrogens is 309 g/mol. The smallest absolute Gasteiger partial charge is 0.129 e. The maximum Gasteiger partial charge on any atom is 0.129 e. The minimum atomic E-state index is 1.18. The summed E-state index contributed by atoms with van der Waals surface area (Å²) >= 11 is 2.49. The second-order valence-electron chi connectivity index (χ2n) is 5.61. The topological polar surface area (TPSA) is 0 Å². The largest absolute Gasteiger partial charge is 0.320 e. The maximum absolute atomic E-state index is 2.49. The van der Waals surface area contributed by atoms with Crippen LogP contribution in [0.2, 0.25) is 0 Å². The van der Waals surface area contributed by atoms with Crippen molar-refractivity contribution in [1.82, 2.24) is 0 Å². The molecule has 0 fully saturated rings. The summed E-state index contributed by atoms with van der Waals surface area (Å²) < 4.78 is 2.41. The van der Waals surface area contributed by atoms with Gasteiger partial charge in [-0.05, 0) is 35.4 Å². The quantitative estimate of drug-likeness (QED) is 0.163. The van der Waals surface area contributed by atoms with E-state index in [1.165, 1.54) is 73.4 Å². The zero-order chi connectivity index (χ0) is 12.3. The molecule has 0 aliphatic carbocycles. The van der Waals surface area contributed by atoms with Crippen molar-refractivity contribution >= 4 is 22.6 Å². The summed E-state index contributed by atoms with van der Waals surface area (Å²) in [5.41, 5.74) is 0. The Morgan fingerprint density at radius 2 is 1.19 bits per heavy atom.